The smallest absolute Gasteiger partial charge is 0.238 e. The Morgan fingerprint density at radius 2 is 1.95 bits per heavy atom. The van der Waals surface area contributed by atoms with E-state index in [-0.39, 0.29) is 0 Å². The van der Waals surface area contributed by atoms with Crippen molar-refractivity contribution in [2.75, 3.05) is 0 Å². The van der Waals surface area contributed by atoms with Gasteiger partial charge in [0.15, 0.2) is 0 Å². The maximum atomic E-state index is 5.68. The molecule has 0 unspecified atom stereocenters. The van der Waals surface area contributed by atoms with E-state index in [1.165, 1.54) is 11.1 Å². The summed E-state index contributed by atoms with van der Waals surface area (Å²) in [6.07, 6.45) is 0. The Morgan fingerprint density at radius 1 is 1.16 bits per heavy atom. The third-order valence-corrected chi connectivity index (χ3v) is 3.19. The largest absolute Gasteiger partial charge is 0.438 e. The van der Waals surface area contributed by atoms with Crippen LogP contribution < -0.4 is 4.74 Å². The molecule has 2 rings (SSSR count). The van der Waals surface area contributed by atoms with Gasteiger partial charge in [0.25, 0.3) is 0 Å². The predicted octanol–water partition coefficient (Wildman–Crippen LogP) is 4.44. The second-order valence-corrected chi connectivity index (χ2v) is 5.04. The van der Waals surface area contributed by atoms with E-state index < -0.39 is 0 Å². The topological polar surface area (TPSA) is 35.0 Å². The molecule has 0 saturated carbocycles. The van der Waals surface area contributed by atoms with Crippen molar-refractivity contribution in [3.8, 4) is 11.6 Å². The second-order valence-electron chi connectivity index (χ2n) is 4.77. The average molecular weight is 277 g/mol. The van der Waals surface area contributed by atoms with Crippen LogP contribution in [-0.4, -0.2) is 10.2 Å². The highest BCUT2D eigenvalue weighted by molar-refractivity contribution is 6.16. The van der Waals surface area contributed by atoms with E-state index >= 15 is 0 Å². The van der Waals surface area contributed by atoms with Crippen molar-refractivity contribution >= 4 is 11.6 Å². The van der Waals surface area contributed by atoms with Gasteiger partial charge in [0, 0.05) is 6.07 Å². The Balaban J connectivity index is 2.16. The fraction of sp³-hybridized carbons (Fsp3) is 0.333. The Bertz CT molecular complexity index is 553. The van der Waals surface area contributed by atoms with Gasteiger partial charge in [-0.2, -0.15) is 5.10 Å². The quantitative estimate of drug-likeness (QED) is 0.775. The van der Waals surface area contributed by atoms with Crippen LogP contribution >= 0.6 is 11.6 Å². The van der Waals surface area contributed by atoms with Gasteiger partial charge in [-0.3, -0.25) is 0 Å². The maximum Gasteiger partial charge on any atom is 0.238 e. The van der Waals surface area contributed by atoms with Crippen molar-refractivity contribution in [3.05, 3.63) is 47.2 Å². The average Bonchev–Trinajstić information content (AvgIpc) is 2.39. The molecular weight excluding hydrogens is 260 g/mol. The fourth-order valence-electron chi connectivity index (χ4n) is 1.95. The minimum Gasteiger partial charge on any atom is -0.438 e. The molecule has 0 aliphatic heterocycles. The molecule has 0 spiro atoms. The van der Waals surface area contributed by atoms with Crippen LogP contribution in [0, 0.1) is 6.92 Å². The Hall–Kier alpha value is -1.61. The molecule has 1 aromatic heterocycles. The summed E-state index contributed by atoms with van der Waals surface area (Å²) in [4.78, 5) is 0. The van der Waals surface area contributed by atoms with Crippen LogP contribution in [0.15, 0.2) is 30.3 Å². The molecular formula is C15H17ClN2O. The molecule has 100 valence electrons. The standard InChI is InChI=1S/C15H17ClN2O/c1-10(2)14-6-5-13(8-11(14)3)19-15-7-4-12(9-16)17-18-15/h4-8,10H,9H2,1-3H3. The summed E-state index contributed by atoms with van der Waals surface area (Å²) < 4.78 is 5.68. The molecule has 0 amide bonds. The van der Waals surface area contributed by atoms with Crippen molar-refractivity contribution in [3.63, 3.8) is 0 Å². The van der Waals surface area contributed by atoms with E-state index in [0.717, 1.165) is 11.4 Å². The summed E-state index contributed by atoms with van der Waals surface area (Å²) in [5.41, 5.74) is 3.29. The van der Waals surface area contributed by atoms with Gasteiger partial charge >= 0.3 is 0 Å². The van der Waals surface area contributed by atoms with E-state index in [4.69, 9.17) is 16.3 Å². The first-order valence-corrected chi connectivity index (χ1v) is 6.80. The minimum absolute atomic E-state index is 0.357. The highest BCUT2D eigenvalue weighted by Gasteiger charge is 2.06. The maximum absolute atomic E-state index is 5.68. The van der Waals surface area contributed by atoms with Crippen LogP contribution in [0.1, 0.15) is 36.6 Å². The lowest BCUT2D eigenvalue weighted by atomic mass is 9.98. The van der Waals surface area contributed by atoms with Crippen LogP contribution in [-0.2, 0) is 5.88 Å². The Morgan fingerprint density at radius 3 is 2.47 bits per heavy atom. The molecule has 0 aliphatic carbocycles. The molecule has 1 heterocycles. The number of nitrogens with zero attached hydrogens (tertiary/aromatic N) is 2. The van der Waals surface area contributed by atoms with E-state index in [9.17, 15) is 0 Å². The number of rotatable bonds is 4. The third-order valence-electron chi connectivity index (χ3n) is 2.92. The highest BCUT2D eigenvalue weighted by atomic mass is 35.5. The first kappa shape index (κ1) is 13.8. The van der Waals surface area contributed by atoms with Crippen molar-refractivity contribution in [1.29, 1.82) is 0 Å². The molecule has 0 N–H and O–H groups in total. The van der Waals surface area contributed by atoms with Gasteiger partial charge in [-0.1, -0.05) is 19.9 Å². The number of benzene rings is 1. The zero-order valence-corrected chi connectivity index (χ0v) is 12.1. The van der Waals surface area contributed by atoms with Gasteiger partial charge in [-0.15, -0.1) is 16.7 Å². The molecule has 0 fully saturated rings. The summed E-state index contributed by atoms with van der Waals surface area (Å²) in [6, 6.07) is 9.66. The van der Waals surface area contributed by atoms with Gasteiger partial charge in [0.1, 0.15) is 5.75 Å². The summed E-state index contributed by atoms with van der Waals surface area (Å²) in [6.45, 7) is 6.45. The number of ether oxygens (including phenoxy) is 1. The molecule has 0 bridgehead atoms. The fourth-order valence-corrected chi connectivity index (χ4v) is 2.10. The zero-order valence-electron chi connectivity index (χ0n) is 11.4. The molecule has 4 heteroatoms. The number of alkyl halides is 1. The third kappa shape index (κ3) is 3.44. The molecule has 19 heavy (non-hydrogen) atoms. The normalized spacial score (nSPS) is 10.8. The van der Waals surface area contributed by atoms with Gasteiger partial charge in [0.05, 0.1) is 11.6 Å². The zero-order chi connectivity index (χ0) is 13.8. The molecule has 0 radical (unpaired) electrons. The molecule has 3 nitrogen and oxygen atoms in total. The SMILES string of the molecule is Cc1cc(Oc2ccc(CCl)nn2)ccc1C(C)C. The molecule has 2 aromatic rings. The van der Waals surface area contributed by atoms with Crippen molar-refractivity contribution < 1.29 is 4.74 Å². The van der Waals surface area contributed by atoms with Crippen LogP contribution in [0.4, 0.5) is 0 Å². The lowest BCUT2D eigenvalue weighted by Gasteiger charge is -2.11. The minimum atomic E-state index is 0.357. The van der Waals surface area contributed by atoms with Crippen molar-refractivity contribution in [1.82, 2.24) is 10.2 Å². The summed E-state index contributed by atoms with van der Waals surface area (Å²) in [5, 5.41) is 7.93. The van der Waals surface area contributed by atoms with E-state index in [1.807, 2.05) is 18.2 Å². The van der Waals surface area contributed by atoms with Gasteiger partial charge in [0.2, 0.25) is 5.88 Å². The number of halogens is 1. The first-order valence-electron chi connectivity index (χ1n) is 6.27. The number of hydrogen-bond donors (Lipinski definition) is 0. The highest BCUT2D eigenvalue weighted by Crippen LogP contribution is 2.26. The lowest BCUT2D eigenvalue weighted by molar-refractivity contribution is 0.453. The molecule has 0 saturated heterocycles. The predicted molar refractivity (Wildman–Crippen MR) is 76.9 cm³/mol. The van der Waals surface area contributed by atoms with Gasteiger partial charge in [-0.05, 0) is 42.2 Å². The lowest BCUT2D eigenvalue weighted by Crippen LogP contribution is -1.95. The van der Waals surface area contributed by atoms with E-state index in [2.05, 4.69) is 37.0 Å². The number of hydrogen-bond acceptors (Lipinski definition) is 3. The number of aromatic nitrogens is 2. The first-order chi connectivity index (χ1) is 9.10. The van der Waals surface area contributed by atoms with E-state index in [0.29, 0.717) is 17.7 Å². The monoisotopic (exact) mass is 276 g/mol. The van der Waals surface area contributed by atoms with Crippen LogP contribution in [0.25, 0.3) is 0 Å². The van der Waals surface area contributed by atoms with Crippen LogP contribution in [0.5, 0.6) is 11.6 Å². The van der Waals surface area contributed by atoms with Gasteiger partial charge in [-0.25, -0.2) is 0 Å². The van der Waals surface area contributed by atoms with Crippen molar-refractivity contribution in [2.45, 2.75) is 32.6 Å². The molecule has 0 aliphatic rings. The Kier molecular flexibility index (Phi) is 4.38. The van der Waals surface area contributed by atoms with Crippen LogP contribution in [0.3, 0.4) is 0 Å². The van der Waals surface area contributed by atoms with Gasteiger partial charge < -0.3 is 4.74 Å². The summed E-state index contributed by atoms with van der Waals surface area (Å²) >= 11 is 5.66. The summed E-state index contributed by atoms with van der Waals surface area (Å²) in [5.74, 6) is 2.12. The molecule has 0 atom stereocenters. The number of aryl methyl sites for hydroxylation is 1. The van der Waals surface area contributed by atoms with Crippen molar-refractivity contribution in [2.24, 2.45) is 0 Å². The van der Waals surface area contributed by atoms with Crippen LogP contribution in [0.2, 0.25) is 0 Å². The Labute approximate surface area is 118 Å². The summed E-state index contributed by atoms with van der Waals surface area (Å²) in [7, 11) is 0. The molecule has 1 aromatic carbocycles. The van der Waals surface area contributed by atoms with E-state index in [1.54, 1.807) is 6.07 Å². The second kappa shape index (κ2) is 6.02.